The Labute approximate surface area is 309 Å². The fraction of sp³-hybridized carbons (Fsp3) is 0. The highest BCUT2D eigenvalue weighted by Crippen LogP contribution is 2.44. The molecular formula is C48H28N4O2. The van der Waals surface area contributed by atoms with E-state index in [4.69, 9.17) is 28.8 Å². The molecule has 0 aliphatic rings. The first-order valence-corrected chi connectivity index (χ1v) is 17.9. The second-order valence-corrected chi connectivity index (χ2v) is 13.4. The number of aromatic nitrogens is 4. The summed E-state index contributed by atoms with van der Waals surface area (Å²) in [4.78, 5) is 20.5. The van der Waals surface area contributed by atoms with Crippen molar-refractivity contribution in [3.05, 3.63) is 170 Å². The Hall–Kier alpha value is -7.44. The summed E-state index contributed by atoms with van der Waals surface area (Å²) in [5.41, 5.74) is 8.34. The molecule has 0 bridgehead atoms. The van der Waals surface area contributed by atoms with Gasteiger partial charge in [-0.1, -0.05) is 133 Å². The minimum atomic E-state index is 0.523. The van der Waals surface area contributed by atoms with E-state index in [9.17, 15) is 0 Å². The molecule has 0 unspecified atom stereocenters. The largest absolute Gasteiger partial charge is 0.453 e. The molecule has 11 aromatic rings. The number of furan rings is 1. The van der Waals surface area contributed by atoms with Crippen LogP contribution in [0, 0.1) is 0 Å². The van der Waals surface area contributed by atoms with E-state index in [-0.39, 0.29) is 0 Å². The molecule has 0 aliphatic carbocycles. The molecule has 6 heteroatoms. The van der Waals surface area contributed by atoms with Crippen LogP contribution in [0.5, 0.6) is 0 Å². The lowest BCUT2D eigenvalue weighted by molar-refractivity contribution is 0.620. The summed E-state index contributed by atoms with van der Waals surface area (Å²) in [5, 5.41) is 6.23. The van der Waals surface area contributed by atoms with Crippen molar-refractivity contribution in [2.45, 2.75) is 0 Å². The zero-order chi connectivity index (χ0) is 35.6. The van der Waals surface area contributed by atoms with Gasteiger partial charge in [-0.25, -0.2) is 19.9 Å². The second-order valence-electron chi connectivity index (χ2n) is 13.4. The number of hydrogen-bond donors (Lipinski definition) is 0. The fourth-order valence-corrected chi connectivity index (χ4v) is 7.56. The van der Waals surface area contributed by atoms with E-state index >= 15 is 0 Å². The van der Waals surface area contributed by atoms with Crippen LogP contribution in [-0.4, -0.2) is 19.9 Å². The predicted molar refractivity (Wildman–Crippen MR) is 217 cm³/mol. The smallest absolute Gasteiger partial charge is 0.227 e. The fourth-order valence-electron chi connectivity index (χ4n) is 7.56. The first kappa shape index (κ1) is 30.2. The summed E-state index contributed by atoms with van der Waals surface area (Å²) >= 11 is 0. The third kappa shape index (κ3) is 4.89. The zero-order valence-corrected chi connectivity index (χ0v) is 28.8. The molecule has 0 fully saturated rings. The summed E-state index contributed by atoms with van der Waals surface area (Å²) < 4.78 is 13.2. The summed E-state index contributed by atoms with van der Waals surface area (Å²) in [7, 11) is 0. The Morgan fingerprint density at radius 2 is 0.963 bits per heavy atom. The lowest BCUT2D eigenvalue weighted by Crippen LogP contribution is -2.01. The summed E-state index contributed by atoms with van der Waals surface area (Å²) in [6.07, 6.45) is 0. The number of hydrogen-bond acceptors (Lipinski definition) is 6. The highest BCUT2D eigenvalue weighted by atomic mass is 16.4. The van der Waals surface area contributed by atoms with Crippen LogP contribution in [0.15, 0.2) is 179 Å². The Morgan fingerprint density at radius 3 is 1.76 bits per heavy atom. The maximum Gasteiger partial charge on any atom is 0.227 e. The highest BCUT2D eigenvalue weighted by Gasteiger charge is 2.24. The average molecular weight is 693 g/mol. The van der Waals surface area contributed by atoms with Gasteiger partial charge < -0.3 is 8.83 Å². The standard InChI is InChI=1S/C48H28N4O2/c1-4-13-29(14-5-1)33-20-12-21-34(27-33)46-50-45(31-16-6-2-7-17-31)51-47(52-46)41-36-24-23-30-15-10-11-22-35(30)38(36)28-39-37-25-26-40-42(44(37)54-43(39)41)49-48(53-40)32-18-8-3-9-19-32/h1-28H. The van der Waals surface area contributed by atoms with Crippen molar-refractivity contribution in [3.63, 3.8) is 0 Å². The number of rotatable bonds is 5. The van der Waals surface area contributed by atoms with E-state index in [2.05, 4.69) is 97.1 Å². The Balaban J connectivity index is 1.23. The molecule has 11 rings (SSSR count). The molecular weight excluding hydrogens is 665 g/mol. The van der Waals surface area contributed by atoms with Crippen molar-refractivity contribution in [2.75, 3.05) is 0 Å². The molecule has 54 heavy (non-hydrogen) atoms. The van der Waals surface area contributed by atoms with Crippen LogP contribution in [0.25, 0.3) is 111 Å². The first-order valence-electron chi connectivity index (χ1n) is 17.9. The topological polar surface area (TPSA) is 77.8 Å². The highest BCUT2D eigenvalue weighted by molar-refractivity contribution is 6.24. The van der Waals surface area contributed by atoms with E-state index in [0.29, 0.717) is 45.6 Å². The zero-order valence-electron chi connectivity index (χ0n) is 28.8. The number of oxazole rings is 1. The van der Waals surface area contributed by atoms with E-state index in [1.165, 1.54) is 0 Å². The average Bonchev–Trinajstić information content (AvgIpc) is 3.86. The molecule has 0 atom stereocenters. The number of fused-ring (bicyclic) bond motifs is 8. The van der Waals surface area contributed by atoms with Gasteiger partial charge in [-0.15, -0.1) is 0 Å². The monoisotopic (exact) mass is 692 g/mol. The Kier molecular flexibility index (Phi) is 6.75. The van der Waals surface area contributed by atoms with Crippen molar-refractivity contribution in [2.24, 2.45) is 0 Å². The molecule has 0 spiro atoms. The minimum Gasteiger partial charge on any atom is -0.453 e. The van der Waals surface area contributed by atoms with Gasteiger partial charge in [-0.2, -0.15) is 0 Å². The van der Waals surface area contributed by atoms with Gasteiger partial charge >= 0.3 is 0 Å². The molecule has 252 valence electrons. The quantitative estimate of drug-likeness (QED) is 0.167. The van der Waals surface area contributed by atoms with Gasteiger partial charge in [0.1, 0.15) is 5.58 Å². The van der Waals surface area contributed by atoms with Crippen LogP contribution in [-0.2, 0) is 0 Å². The van der Waals surface area contributed by atoms with Crippen molar-refractivity contribution in [1.82, 2.24) is 19.9 Å². The summed E-state index contributed by atoms with van der Waals surface area (Å²) in [6.45, 7) is 0. The molecule has 6 nitrogen and oxygen atoms in total. The molecule has 0 radical (unpaired) electrons. The maximum atomic E-state index is 6.97. The third-order valence-electron chi connectivity index (χ3n) is 10.1. The van der Waals surface area contributed by atoms with Gasteiger partial charge in [0.05, 0.1) is 5.56 Å². The molecule has 0 saturated heterocycles. The van der Waals surface area contributed by atoms with Gasteiger partial charge in [0.2, 0.25) is 5.89 Å². The molecule has 8 aromatic carbocycles. The van der Waals surface area contributed by atoms with Crippen LogP contribution >= 0.6 is 0 Å². The third-order valence-corrected chi connectivity index (χ3v) is 10.1. The van der Waals surface area contributed by atoms with Crippen molar-refractivity contribution < 1.29 is 8.83 Å². The molecule has 0 N–H and O–H groups in total. The molecule has 3 aromatic heterocycles. The van der Waals surface area contributed by atoms with Crippen LogP contribution in [0.4, 0.5) is 0 Å². The van der Waals surface area contributed by atoms with Gasteiger partial charge in [0, 0.05) is 27.5 Å². The van der Waals surface area contributed by atoms with E-state index < -0.39 is 0 Å². The van der Waals surface area contributed by atoms with Gasteiger partial charge in [-0.3, -0.25) is 0 Å². The van der Waals surface area contributed by atoms with Crippen LogP contribution in [0.2, 0.25) is 0 Å². The predicted octanol–water partition coefficient (Wildman–Crippen LogP) is 12.6. The second kappa shape index (κ2) is 12.1. The van der Waals surface area contributed by atoms with Crippen molar-refractivity contribution in [1.29, 1.82) is 0 Å². The Morgan fingerprint density at radius 1 is 0.333 bits per heavy atom. The van der Waals surface area contributed by atoms with Gasteiger partial charge in [0.15, 0.2) is 34.2 Å². The van der Waals surface area contributed by atoms with E-state index in [0.717, 1.165) is 65.7 Å². The molecule has 3 heterocycles. The number of benzene rings is 8. The summed E-state index contributed by atoms with van der Waals surface area (Å²) in [6, 6.07) is 57.7. The minimum absolute atomic E-state index is 0.523. The normalized spacial score (nSPS) is 11.7. The van der Waals surface area contributed by atoms with Crippen LogP contribution in [0.3, 0.4) is 0 Å². The van der Waals surface area contributed by atoms with E-state index in [1.54, 1.807) is 0 Å². The van der Waals surface area contributed by atoms with Crippen molar-refractivity contribution >= 4 is 54.6 Å². The summed E-state index contributed by atoms with van der Waals surface area (Å²) in [5.74, 6) is 2.22. The van der Waals surface area contributed by atoms with Crippen LogP contribution < -0.4 is 0 Å². The number of nitrogens with zero attached hydrogens (tertiary/aromatic N) is 4. The van der Waals surface area contributed by atoms with Crippen LogP contribution in [0.1, 0.15) is 0 Å². The lowest BCUT2D eigenvalue weighted by atomic mass is 9.95. The van der Waals surface area contributed by atoms with Crippen molar-refractivity contribution in [3.8, 4) is 56.7 Å². The Bertz CT molecular complexity index is 3210. The first-order chi connectivity index (χ1) is 26.7. The van der Waals surface area contributed by atoms with E-state index in [1.807, 2.05) is 72.8 Å². The SMILES string of the molecule is c1ccc(-c2cccc(-c3nc(-c4ccccc4)nc(-c4c5ccc6ccccc6c5cc5c4oc4c5ccc5oc(-c6ccccc6)nc54)n3)c2)cc1. The van der Waals surface area contributed by atoms with Gasteiger partial charge in [0.25, 0.3) is 0 Å². The molecule has 0 saturated carbocycles. The maximum absolute atomic E-state index is 6.97. The molecule has 0 amide bonds. The lowest BCUT2D eigenvalue weighted by Gasteiger charge is -2.13. The molecule has 0 aliphatic heterocycles. The van der Waals surface area contributed by atoms with Gasteiger partial charge in [-0.05, 0) is 69.1 Å².